The zero-order valence-electron chi connectivity index (χ0n) is 13.6. The van der Waals surface area contributed by atoms with Gasteiger partial charge in [-0.05, 0) is 25.7 Å². The molecule has 2 rings (SSSR count). The van der Waals surface area contributed by atoms with Crippen LogP contribution in [0.15, 0.2) is 12.3 Å². The average Bonchev–Trinajstić information content (AvgIpc) is 2.79. The minimum atomic E-state index is 0.571. The quantitative estimate of drug-likeness (QED) is 0.887. The first-order valence-corrected chi connectivity index (χ1v) is 7.68. The molecule has 1 N–H and O–H groups in total. The molecule has 0 saturated heterocycles. The van der Waals surface area contributed by atoms with E-state index in [-0.39, 0.29) is 0 Å². The van der Waals surface area contributed by atoms with Crippen molar-refractivity contribution in [2.45, 2.75) is 40.5 Å². The number of nitrogens with one attached hydrogen (secondary N) is 1. The molecule has 2 heterocycles. The largest absolute Gasteiger partial charge is 0.370 e. The van der Waals surface area contributed by atoms with Gasteiger partial charge in [-0.1, -0.05) is 20.8 Å². The fourth-order valence-corrected chi connectivity index (χ4v) is 2.39. The summed E-state index contributed by atoms with van der Waals surface area (Å²) < 4.78 is 1.83. The van der Waals surface area contributed by atoms with Crippen LogP contribution < -0.4 is 5.32 Å². The van der Waals surface area contributed by atoms with E-state index >= 15 is 0 Å². The van der Waals surface area contributed by atoms with Gasteiger partial charge in [0.1, 0.15) is 5.82 Å². The van der Waals surface area contributed by atoms with Crippen molar-refractivity contribution >= 4 is 5.82 Å². The van der Waals surface area contributed by atoms with E-state index in [1.54, 1.807) is 0 Å². The summed E-state index contributed by atoms with van der Waals surface area (Å²) in [5.41, 5.74) is 3.16. The fraction of sp³-hybridized carbons (Fsp3) is 0.562. The molecular weight excluding hydrogens is 262 g/mol. The minimum absolute atomic E-state index is 0.571. The van der Waals surface area contributed by atoms with Gasteiger partial charge in [-0.3, -0.25) is 4.68 Å². The standard InChI is InChI=1S/C16H25N5/c1-6-14-13(10-21(5)20-14)16-18-12(8-11(3)4)9-15(19-16)17-7-2/h9-11H,6-8H2,1-5H3,(H,17,18,19). The lowest BCUT2D eigenvalue weighted by atomic mass is 10.1. The number of hydrogen-bond donors (Lipinski definition) is 1. The smallest absolute Gasteiger partial charge is 0.165 e. The molecule has 0 aliphatic rings. The van der Waals surface area contributed by atoms with E-state index in [1.807, 2.05) is 17.9 Å². The second kappa shape index (κ2) is 6.70. The van der Waals surface area contributed by atoms with Crippen LogP contribution in [-0.2, 0) is 19.9 Å². The lowest BCUT2D eigenvalue weighted by Crippen LogP contribution is -2.06. The van der Waals surface area contributed by atoms with Crippen LogP contribution in [0.1, 0.15) is 39.1 Å². The second-order valence-corrected chi connectivity index (χ2v) is 5.71. The van der Waals surface area contributed by atoms with E-state index < -0.39 is 0 Å². The van der Waals surface area contributed by atoms with Gasteiger partial charge in [0.15, 0.2) is 5.82 Å². The molecule has 0 bridgehead atoms. The van der Waals surface area contributed by atoms with Gasteiger partial charge in [-0.2, -0.15) is 5.10 Å². The first kappa shape index (κ1) is 15.5. The summed E-state index contributed by atoms with van der Waals surface area (Å²) in [5, 5.41) is 7.79. The van der Waals surface area contributed by atoms with Crippen molar-refractivity contribution in [3.63, 3.8) is 0 Å². The van der Waals surface area contributed by atoms with Gasteiger partial charge in [-0.15, -0.1) is 0 Å². The Labute approximate surface area is 126 Å². The van der Waals surface area contributed by atoms with Crippen LogP contribution in [-0.4, -0.2) is 26.3 Å². The predicted octanol–water partition coefficient (Wildman–Crippen LogP) is 3.07. The molecule has 0 aliphatic heterocycles. The van der Waals surface area contributed by atoms with Crippen LogP contribution in [0.2, 0.25) is 0 Å². The third-order valence-electron chi connectivity index (χ3n) is 3.24. The van der Waals surface area contributed by atoms with E-state index in [0.29, 0.717) is 5.92 Å². The highest BCUT2D eigenvalue weighted by molar-refractivity contribution is 5.59. The maximum absolute atomic E-state index is 4.74. The van der Waals surface area contributed by atoms with E-state index in [2.05, 4.69) is 49.2 Å². The Kier molecular flexibility index (Phi) is 4.94. The highest BCUT2D eigenvalue weighted by Gasteiger charge is 2.14. The number of hydrogen-bond acceptors (Lipinski definition) is 4. The molecule has 0 aromatic carbocycles. The fourth-order valence-electron chi connectivity index (χ4n) is 2.39. The molecule has 2 aromatic rings. The summed E-state index contributed by atoms with van der Waals surface area (Å²) in [6.07, 6.45) is 3.84. The molecule has 5 nitrogen and oxygen atoms in total. The highest BCUT2D eigenvalue weighted by atomic mass is 15.3. The molecule has 0 spiro atoms. The first-order valence-electron chi connectivity index (χ1n) is 7.68. The van der Waals surface area contributed by atoms with E-state index in [4.69, 9.17) is 4.98 Å². The molecule has 5 heteroatoms. The van der Waals surface area contributed by atoms with Crippen molar-refractivity contribution in [3.8, 4) is 11.4 Å². The molecule has 0 unspecified atom stereocenters. The van der Waals surface area contributed by atoms with Crippen molar-refractivity contribution in [1.82, 2.24) is 19.7 Å². The number of aromatic nitrogens is 4. The maximum Gasteiger partial charge on any atom is 0.165 e. The third kappa shape index (κ3) is 3.80. The third-order valence-corrected chi connectivity index (χ3v) is 3.24. The topological polar surface area (TPSA) is 55.6 Å². The zero-order chi connectivity index (χ0) is 15.4. The molecule has 0 radical (unpaired) electrons. The van der Waals surface area contributed by atoms with Crippen molar-refractivity contribution in [3.05, 3.63) is 23.7 Å². The van der Waals surface area contributed by atoms with Gasteiger partial charge in [0.25, 0.3) is 0 Å². The molecule has 0 atom stereocenters. The van der Waals surface area contributed by atoms with Crippen LogP contribution in [0.3, 0.4) is 0 Å². The molecule has 114 valence electrons. The van der Waals surface area contributed by atoms with Crippen LogP contribution >= 0.6 is 0 Å². The van der Waals surface area contributed by atoms with Gasteiger partial charge in [0.2, 0.25) is 0 Å². The number of anilines is 1. The molecule has 0 amide bonds. The second-order valence-electron chi connectivity index (χ2n) is 5.71. The van der Waals surface area contributed by atoms with Crippen LogP contribution in [0.4, 0.5) is 5.82 Å². The Bertz CT molecular complexity index is 601. The normalized spacial score (nSPS) is 11.1. The van der Waals surface area contributed by atoms with E-state index in [1.165, 1.54) is 0 Å². The molecule has 0 fully saturated rings. The zero-order valence-corrected chi connectivity index (χ0v) is 13.6. The van der Waals surface area contributed by atoms with Crippen molar-refractivity contribution in [1.29, 1.82) is 0 Å². The Balaban J connectivity index is 2.47. The Morgan fingerprint density at radius 2 is 2.00 bits per heavy atom. The number of nitrogens with zero attached hydrogens (tertiary/aromatic N) is 4. The summed E-state index contributed by atoms with van der Waals surface area (Å²) in [6, 6.07) is 2.05. The SMILES string of the molecule is CCNc1cc(CC(C)C)nc(-c2cn(C)nc2CC)n1. The van der Waals surface area contributed by atoms with Crippen molar-refractivity contribution in [2.75, 3.05) is 11.9 Å². The number of aryl methyl sites for hydroxylation is 2. The maximum atomic E-state index is 4.74. The van der Waals surface area contributed by atoms with Gasteiger partial charge in [-0.25, -0.2) is 9.97 Å². The predicted molar refractivity (Wildman–Crippen MR) is 86.3 cm³/mol. The molecule has 21 heavy (non-hydrogen) atoms. The van der Waals surface area contributed by atoms with E-state index in [0.717, 1.165) is 48.0 Å². The lowest BCUT2D eigenvalue weighted by molar-refractivity contribution is 0.635. The Morgan fingerprint density at radius 1 is 1.24 bits per heavy atom. The lowest BCUT2D eigenvalue weighted by Gasteiger charge is -2.10. The summed E-state index contributed by atoms with van der Waals surface area (Å²) in [5.74, 6) is 2.24. The van der Waals surface area contributed by atoms with Gasteiger partial charge in [0, 0.05) is 31.5 Å². The molecule has 0 aliphatic carbocycles. The molecular formula is C16H25N5. The van der Waals surface area contributed by atoms with Crippen molar-refractivity contribution < 1.29 is 0 Å². The Hall–Kier alpha value is -1.91. The van der Waals surface area contributed by atoms with Crippen LogP contribution in [0, 0.1) is 5.92 Å². The van der Waals surface area contributed by atoms with Crippen LogP contribution in [0.25, 0.3) is 11.4 Å². The summed E-state index contributed by atoms with van der Waals surface area (Å²) in [4.78, 5) is 9.39. The molecule has 0 saturated carbocycles. The van der Waals surface area contributed by atoms with Gasteiger partial charge >= 0.3 is 0 Å². The van der Waals surface area contributed by atoms with Crippen LogP contribution in [0.5, 0.6) is 0 Å². The summed E-state index contributed by atoms with van der Waals surface area (Å²) in [6.45, 7) is 9.44. The van der Waals surface area contributed by atoms with E-state index in [9.17, 15) is 0 Å². The summed E-state index contributed by atoms with van der Waals surface area (Å²) in [7, 11) is 1.94. The minimum Gasteiger partial charge on any atom is -0.370 e. The first-order chi connectivity index (χ1) is 10.0. The molecule has 2 aromatic heterocycles. The Morgan fingerprint density at radius 3 is 2.62 bits per heavy atom. The van der Waals surface area contributed by atoms with Gasteiger partial charge in [0.05, 0.1) is 11.3 Å². The van der Waals surface area contributed by atoms with Crippen molar-refractivity contribution in [2.24, 2.45) is 13.0 Å². The summed E-state index contributed by atoms with van der Waals surface area (Å²) >= 11 is 0. The average molecular weight is 287 g/mol. The number of rotatable bonds is 6. The monoisotopic (exact) mass is 287 g/mol. The van der Waals surface area contributed by atoms with Gasteiger partial charge < -0.3 is 5.32 Å². The highest BCUT2D eigenvalue weighted by Crippen LogP contribution is 2.22.